The summed E-state index contributed by atoms with van der Waals surface area (Å²) in [6.45, 7) is 13.3. The Morgan fingerprint density at radius 1 is 0.547 bits per heavy atom. The van der Waals surface area contributed by atoms with E-state index < -0.39 is 60.7 Å². The SMILES string of the molecule is C=C(C)C(=O)OCCCc1cc(-c2ccc(OC(=O)CCc3ccc(CCCCCC)cc3)cc2)ccc1OCC(COC(=O)C(=C)C)(COC(=O)C(=O)CC)COC(=O)C(=O)CC. The molecule has 13 nitrogen and oxygen atoms in total. The summed E-state index contributed by atoms with van der Waals surface area (Å²) < 4.78 is 33.4. The summed E-state index contributed by atoms with van der Waals surface area (Å²) in [5, 5.41) is 0. The van der Waals surface area contributed by atoms with Gasteiger partial charge in [0.25, 0.3) is 0 Å². The van der Waals surface area contributed by atoms with E-state index in [-0.39, 0.29) is 49.6 Å². The Bertz CT molecular complexity index is 2060. The predicted octanol–water partition coefficient (Wildman–Crippen LogP) is 8.60. The van der Waals surface area contributed by atoms with Gasteiger partial charge in [-0.25, -0.2) is 19.2 Å². The quantitative estimate of drug-likeness (QED) is 0.0162. The minimum Gasteiger partial charge on any atom is -0.492 e. The van der Waals surface area contributed by atoms with Crippen LogP contribution in [0.15, 0.2) is 91.0 Å². The van der Waals surface area contributed by atoms with Crippen LogP contribution in [0.5, 0.6) is 11.5 Å². The highest BCUT2D eigenvalue weighted by molar-refractivity contribution is 6.33. The fraction of sp³-hybridized carbons (Fsp3) is 0.431. The van der Waals surface area contributed by atoms with Crippen molar-refractivity contribution in [2.75, 3.05) is 33.0 Å². The summed E-state index contributed by atoms with van der Waals surface area (Å²) in [5.41, 5.74) is 3.30. The molecule has 0 amide bonds. The van der Waals surface area contributed by atoms with Crippen LogP contribution in [0.25, 0.3) is 11.1 Å². The molecule has 0 heterocycles. The second kappa shape index (κ2) is 27.0. The molecule has 0 atom stereocenters. The lowest BCUT2D eigenvalue weighted by Gasteiger charge is -2.32. The van der Waals surface area contributed by atoms with Crippen molar-refractivity contribution >= 4 is 41.4 Å². The molecule has 0 aromatic heterocycles. The Balaban J connectivity index is 1.85. The van der Waals surface area contributed by atoms with Gasteiger partial charge in [-0.05, 0) is 98.0 Å². The largest absolute Gasteiger partial charge is 0.492 e. The van der Waals surface area contributed by atoms with Crippen LogP contribution in [0.2, 0.25) is 0 Å². The van der Waals surface area contributed by atoms with Gasteiger partial charge in [-0.3, -0.25) is 14.4 Å². The number of aryl methyl sites for hydroxylation is 3. The van der Waals surface area contributed by atoms with Crippen molar-refractivity contribution in [1.29, 1.82) is 0 Å². The molecule has 64 heavy (non-hydrogen) atoms. The summed E-state index contributed by atoms with van der Waals surface area (Å²) in [6, 6.07) is 20.8. The smallest absolute Gasteiger partial charge is 0.374 e. The third kappa shape index (κ3) is 17.8. The molecule has 3 rings (SSSR count). The van der Waals surface area contributed by atoms with Crippen molar-refractivity contribution in [2.45, 2.75) is 105 Å². The minimum absolute atomic E-state index is 0.0622. The average molecular weight is 883 g/mol. The molecule has 0 saturated heterocycles. The molecule has 0 radical (unpaired) electrons. The molecule has 13 heteroatoms. The number of esters is 5. The van der Waals surface area contributed by atoms with E-state index in [1.807, 2.05) is 18.2 Å². The molecular formula is C51H62O13. The number of carbonyl (C=O) groups is 7. The number of hydrogen-bond acceptors (Lipinski definition) is 13. The first-order valence-corrected chi connectivity index (χ1v) is 21.8. The molecule has 0 bridgehead atoms. The number of unbranched alkanes of at least 4 members (excludes halogenated alkanes) is 3. The highest BCUT2D eigenvalue weighted by Gasteiger charge is 2.39. The van der Waals surface area contributed by atoms with Crippen LogP contribution >= 0.6 is 0 Å². The fourth-order valence-corrected chi connectivity index (χ4v) is 6.13. The van der Waals surface area contributed by atoms with E-state index in [1.165, 1.54) is 52.0 Å². The molecule has 0 N–H and O–H groups in total. The summed E-state index contributed by atoms with van der Waals surface area (Å²) in [6.07, 6.45) is 7.15. The monoisotopic (exact) mass is 882 g/mol. The Morgan fingerprint density at radius 3 is 1.62 bits per heavy atom. The molecule has 0 fully saturated rings. The van der Waals surface area contributed by atoms with E-state index >= 15 is 0 Å². The molecule has 3 aromatic carbocycles. The van der Waals surface area contributed by atoms with E-state index in [4.69, 9.17) is 28.4 Å². The first-order chi connectivity index (χ1) is 30.6. The Labute approximate surface area is 376 Å². The van der Waals surface area contributed by atoms with Crippen LogP contribution in [0.3, 0.4) is 0 Å². The number of ether oxygens (including phenoxy) is 6. The standard InChI is InChI=1S/C51H62O13/c1-8-11-12-13-15-37-17-19-38(20-18-37)21-28-46(54)64-42-25-22-39(23-26-42)40-24-27-45(41(30-40)16-14-29-59-47(55)35(4)5)60-31-51(32-61-48(56)36(6)7,33-62-49(57)43(52)9-2)34-63-50(58)44(53)10-3/h17-20,22-27,30H,4,6,8-16,21,28-29,31-34H2,1-3,5,7H3. The second-order valence-corrected chi connectivity index (χ2v) is 15.8. The van der Waals surface area contributed by atoms with Crippen LogP contribution in [0.1, 0.15) is 103 Å². The zero-order valence-corrected chi connectivity index (χ0v) is 37.9. The van der Waals surface area contributed by atoms with Crippen LogP contribution < -0.4 is 9.47 Å². The molecule has 0 aliphatic rings. The summed E-state index contributed by atoms with van der Waals surface area (Å²) in [5.74, 6) is -4.88. The lowest BCUT2D eigenvalue weighted by molar-refractivity contribution is -0.168. The molecule has 0 saturated carbocycles. The Hall–Kier alpha value is -6.37. The molecule has 0 aliphatic heterocycles. The summed E-state index contributed by atoms with van der Waals surface area (Å²) in [7, 11) is 0. The van der Waals surface area contributed by atoms with Crippen LogP contribution in [0.4, 0.5) is 0 Å². The van der Waals surface area contributed by atoms with E-state index in [2.05, 4.69) is 44.3 Å². The summed E-state index contributed by atoms with van der Waals surface area (Å²) in [4.78, 5) is 86.8. The van der Waals surface area contributed by atoms with Crippen LogP contribution in [-0.2, 0) is 71.8 Å². The van der Waals surface area contributed by atoms with Gasteiger partial charge < -0.3 is 28.4 Å². The molecule has 0 aliphatic carbocycles. The van der Waals surface area contributed by atoms with Crippen molar-refractivity contribution in [3.8, 4) is 22.6 Å². The normalized spacial score (nSPS) is 10.9. The topological polar surface area (TPSA) is 175 Å². The third-order valence-corrected chi connectivity index (χ3v) is 10.1. The number of carbonyl (C=O) groups excluding carboxylic acids is 7. The first-order valence-electron chi connectivity index (χ1n) is 21.8. The maximum absolute atomic E-state index is 12.8. The van der Waals surface area contributed by atoms with Crippen LogP contribution in [-0.4, -0.2) is 74.4 Å². The lowest BCUT2D eigenvalue weighted by atomic mass is 9.91. The van der Waals surface area contributed by atoms with Gasteiger partial charge in [-0.1, -0.05) is 95.7 Å². The molecule has 0 unspecified atom stereocenters. The predicted molar refractivity (Wildman–Crippen MR) is 240 cm³/mol. The van der Waals surface area contributed by atoms with Gasteiger partial charge in [0, 0.05) is 30.4 Å². The number of rotatable bonds is 29. The Morgan fingerprint density at radius 2 is 1.08 bits per heavy atom. The maximum Gasteiger partial charge on any atom is 0.374 e. The Kier molecular flexibility index (Phi) is 21.9. The van der Waals surface area contributed by atoms with E-state index in [0.717, 1.165) is 23.1 Å². The van der Waals surface area contributed by atoms with Crippen molar-refractivity contribution in [1.82, 2.24) is 0 Å². The van der Waals surface area contributed by atoms with Crippen molar-refractivity contribution in [3.05, 3.63) is 108 Å². The second-order valence-electron chi connectivity index (χ2n) is 15.8. The van der Waals surface area contributed by atoms with Crippen molar-refractivity contribution in [2.24, 2.45) is 5.41 Å². The average Bonchev–Trinajstić information content (AvgIpc) is 3.30. The molecule has 3 aromatic rings. The maximum atomic E-state index is 12.8. The number of Topliss-reactive ketones (excluding diaryl/α,β-unsaturated/α-hetero) is 2. The van der Waals surface area contributed by atoms with E-state index in [1.54, 1.807) is 31.2 Å². The van der Waals surface area contributed by atoms with Gasteiger partial charge in [0.2, 0.25) is 11.6 Å². The number of ketones is 2. The number of hydrogen-bond donors (Lipinski definition) is 0. The van der Waals surface area contributed by atoms with Gasteiger partial charge in [0.05, 0.1) is 6.61 Å². The zero-order valence-electron chi connectivity index (χ0n) is 37.9. The minimum atomic E-state index is -1.60. The molecular weight excluding hydrogens is 821 g/mol. The number of benzene rings is 3. The van der Waals surface area contributed by atoms with Gasteiger partial charge in [0.1, 0.15) is 43.3 Å². The van der Waals surface area contributed by atoms with E-state index in [0.29, 0.717) is 36.3 Å². The van der Waals surface area contributed by atoms with E-state index in [9.17, 15) is 33.6 Å². The summed E-state index contributed by atoms with van der Waals surface area (Å²) >= 11 is 0. The zero-order chi connectivity index (χ0) is 47.1. The first kappa shape index (κ1) is 52.0. The molecule has 344 valence electrons. The lowest BCUT2D eigenvalue weighted by Crippen LogP contribution is -2.45. The third-order valence-electron chi connectivity index (χ3n) is 10.1. The fourth-order valence-electron chi connectivity index (χ4n) is 6.13. The van der Waals surface area contributed by atoms with Crippen molar-refractivity contribution in [3.63, 3.8) is 0 Å². The van der Waals surface area contributed by atoms with Gasteiger partial charge in [0.15, 0.2) is 0 Å². The van der Waals surface area contributed by atoms with Gasteiger partial charge >= 0.3 is 29.8 Å². The van der Waals surface area contributed by atoms with Gasteiger partial charge in [-0.2, -0.15) is 0 Å². The van der Waals surface area contributed by atoms with Gasteiger partial charge in [-0.15, -0.1) is 0 Å². The van der Waals surface area contributed by atoms with Crippen molar-refractivity contribution < 1.29 is 62.0 Å². The highest BCUT2D eigenvalue weighted by atomic mass is 16.6. The molecule has 0 spiro atoms. The van der Waals surface area contributed by atoms with Crippen LogP contribution in [0, 0.1) is 5.41 Å². The highest BCUT2D eigenvalue weighted by Crippen LogP contribution is 2.31.